The minimum atomic E-state index is -4.79. The number of benzene rings is 3. The number of aromatic nitrogens is 2. The third kappa shape index (κ3) is 4.35. The molecule has 0 aliphatic rings. The molecule has 4 rings (SSSR count). The number of alkyl halides is 3. The van der Waals surface area contributed by atoms with Crippen molar-refractivity contribution in [2.75, 3.05) is 5.75 Å². The van der Waals surface area contributed by atoms with Gasteiger partial charge in [-0.2, -0.15) is 13.2 Å². The van der Waals surface area contributed by atoms with Gasteiger partial charge in [0.15, 0.2) is 15.7 Å². The molecule has 0 radical (unpaired) electrons. The second-order valence-electron chi connectivity index (χ2n) is 7.39. The van der Waals surface area contributed by atoms with Crippen LogP contribution in [0.5, 0.6) is 0 Å². The summed E-state index contributed by atoms with van der Waals surface area (Å²) in [7, 11) is -3.36. The van der Waals surface area contributed by atoms with Gasteiger partial charge < -0.3 is 4.98 Å². The standard InChI is InChI=1S/C23H17F5N2O2S/c1-2-33(31,32)14-9-7-13(8-10-14)11-19-29-18-12-17(24)20(21(25)22(18)30-19)15-5-3-4-6-16(15)23(26,27)28/h3-10,12H,2,11H2,1H3,(H,29,30). The molecule has 0 fully saturated rings. The van der Waals surface area contributed by atoms with Crippen LogP contribution >= 0.6 is 0 Å². The number of halogens is 5. The van der Waals surface area contributed by atoms with Gasteiger partial charge in [0.05, 0.1) is 27.3 Å². The van der Waals surface area contributed by atoms with Gasteiger partial charge in [-0.25, -0.2) is 22.2 Å². The Bertz CT molecular complexity index is 1440. The molecule has 10 heteroatoms. The van der Waals surface area contributed by atoms with E-state index in [2.05, 4.69) is 9.97 Å². The predicted octanol–water partition coefficient (Wildman–Crippen LogP) is 5.91. The van der Waals surface area contributed by atoms with Gasteiger partial charge in [-0.05, 0) is 29.3 Å². The highest BCUT2D eigenvalue weighted by molar-refractivity contribution is 7.91. The van der Waals surface area contributed by atoms with Crippen molar-refractivity contribution in [2.45, 2.75) is 24.4 Å². The van der Waals surface area contributed by atoms with E-state index in [4.69, 9.17) is 0 Å². The predicted molar refractivity (Wildman–Crippen MR) is 113 cm³/mol. The molecule has 4 aromatic rings. The van der Waals surface area contributed by atoms with Crippen molar-refractivity contribution in [1.29, 1.82) is 0 Å². The van der Waals surface area contributed by atoms with Crippen LogP contribution in [0.4, 0.5) is 22.0 Å². The molecule has 0 aliphatic carbocycles. The summed E-state index contributed by atoms with van der Waals surface area (Å²) in [5, 5.41) is 0. The Morgan fingerprint density at radius 3 is 2.30 bits per heavy atom. The lowest BCUT2D eigenvalue weighted by atomic mass is 9.97. The van der Waals surface area contributed by atoms with Gasteiger partial charge in [0.25, 0.3) is 0 Å². The molecule has 172 valence electrons. The summed E-state index contributed by atoms with van der Waals surface area (Å²) in [5.74, 6) is -2.15. The van der Waals surface area contributed by atoms with Crippen molar-refractivity contribution in [3.8, 4) is 11.1 Å². The fourth-order valence-corrected chi connectivity index (χ4v) is 4.47. The highest BCUT2D eigenvalue weighted by Gasteiger charge is 2.35. The minimum Gasteiger partial charge on any atom is -0.342 e. The van der Waals surface area contributed by atoms with Gasteiger partial charge in [-0.1, -0.05) is 37.3 Å². The van der Waals surface area contributed by atoms with E-state index in [1.165, 1.54) is 25.1 Å². The van der Waals surface area contributed by atoms with E-state index in [-0.39, 0.29) is 33.9 Å². The van der Waals surface area contributed by atoms with Crippen LogP contribution in [-0.4, -0.2) is 24.1 Å². The van der Waals surface area contributed by atoms with Crippen molar-refractivity contribution < 1.29 is 30.4 Å². The number of sulfone groups is 1. The molecule has 1 N–H and O–H groups in total. The van der Waals surface area contributed by atoms with Crippen LogP contribution in [0.2, 0.25) is 0 Å². The molecule has 0 saturated heterocycles. The molecule has 0 spiro atoms. The summed E-state index contributed by atoms with van der Waals surface area (Å²) < 4.78 is 93.9. The first-order chi connectivity index (χ1) is 15.5. The number of rotatable bonds is 5. The largest absolute Gasteiger partial charge is 0.417 e. The SMILES string of the molecule is CCS(=O)(=O)c1ccc(Cc2nc3c(F)c(-c4ccccc4C(F)(F)F)c(F)cc3[nH]2)cc1. The van der Waals surface area contributed by atoms with Crippen molar-refractivity contribution in [3.05, 3.63) is 83.2 Å². The summed E-state index contributed by atoms with van der Waals surface area (Å²) in [5.41, 5.74) is -2.20. The Labute approximate surface area is 186 Å². The van der Waals surface area contributed by atoms with Crippen LogP contribution in [0.1, 0.15) is 23.9 Å². The molecule has 4 nitrogen and oxygen atoms in total. The number of nitrogens with one attached hydrogen (secondary N) is 1. The molecular formula is C23H17F5N2O2S. The molecule has 1 heterocycles. The van der Waals surface area contributed by atoms with E-state index < -0.39 is 44.3 Å². The monoisotopic (exact) mass is 480 g/mol. The Kier molecular flexibility index (Phi) is 5.73. The van der Waals surface area contributed by atoms with Gasteiger partial charge >= 0.3 is 6.18 Å². The summed E-state index contributed by atoms with van der Waals surface area (Å²) in [6.07, 6.45) is -4.64. The second-order valence-corrected chi connectivity index (χ2v) is 9.67. The molecule has 0 unspecified atom stereocenters. The number of aromatic amines is 1. The van der Waals surface area contributed by atoms with E-state index in [1.807, 2.05) is 0 Å². The maximum atomic E-state index is 15.2. The van der Waals surface area contributed by atoms with Gasteiger partial charge in [-0.3, -0.25) is 0 Å². The van der Waals surface area contributed by atoms with Crippen molar-refractivity contribution in [2.24, 2.45) is 0 Å². The average molecular weight is 480 g/mol. The highest BCUT2D eigenvalue weighted by atomic mass is 32.2. The van der Waals surface area contributed by atoms with E-state index in [0.29, 0.717) is 5.56 Å². The van der Waals surface area contributed by atoms with Crippen LogP contribution in [0.15, 0.2) is 59.5 Å². The second kappa shape index (κ2) is 8.26. The normalized spacial score (nSPS) is 12.4. The number of fused-ring (bicyclic) bond motifs is 1. The van der Waals surface area contributed by atoms with Crippen LogP contribution in [0, 0.1) is 11.6 Å². The van der Waals surface area contributed by atoms with E-state index in [1.54, 1.807) is 12.1 Å². The van der Waals surface area contributed by atoms with Crippen molar-refractivity contribution in [1.82, 2.24) is 9.97 Å². The topological polar surface area (TPSA) is 62.8 Å². The van der Waals surface area contributed by atoms with Crippen molar-refractivity contribution >= 4 is 20.9 Å². The van der Waals surface area contributed by atoms with E-state index in [0.717, 1.165) is 24.3 Å². The van der Waals surface area contributed by atoms with E-state index >= 15 is 4.39 Å². The van der Waals surface area contributed by atoms with Gasteiger partial charge in [0.2, 0.25) is 0 Å². The zero-order valence-electron chi connectivity index (χ0n) is 17.2. The zero-order chi connectivity index (χ0) is 24.0. The maximum Gasteiger partial charge on any atom is 0.417 e. The summed E-state index contributed by atoms with van der Waals surface area (Å²) in [6.45, 7) is 1.53. The lowest BCUT2D eigenvalue weighted by Gasteiger charge is -2.14. The van der Waals surface area contributed by atoms with Crippen LogP contribution < -0.4 is 0 Å². The first kappa shape index (κ1) is 22.9. The molecular weight excluding hydrogens is 463 g/mol. The quantitative estimate of drug-likeness (QED) is 0.361. The Hall–Kier alpha value is -3.27. The zero-order valence-corrected chi connectivity index (χ0v) is 18.0. The number of hydrogen-bond acceptors (Lipinski definition) is 3. The molecule has 0 bridgehead atoms. The first-order valence-corrected chi connectivity index (χ1v) is 11.5. The maximum absolute atomic E-state index is 15.2. The van der Waals surface area contributed by atoms with Crippen LogP contribution in [0.3, 0.4) is 0 Å². The lowest BCUT2D eigenvalue weighted by molar-refractivity contribution is -0.137. The van der Waals surface area contributed by atoms with Gasteiger partial charge in [0, 0.05) is 12.5 Å². The summed E-state index contributed by atoms with van der Waals surface area (Å²) in [6, 6.07) is 11.2. The summed E-state index contributed by atoms with van der Waals surface area (Å²) >= 11 is 0. The Balaban J connectivity index is 1.74. The van der Waals surface area contributed by atoms with Gasteiger partial charge in [0.1, 0.15) is 17.2 Å². The van der Waals surface area contributed by atoms with Crippen molar-refractivity contribution in [3.63, 3.8) is 0 Å². The summed E-state index contributed by atoms with van der Waals surface area (Å²) in [4.78, 5) is 7.06. The third-order valence-corrected chi connectivity index (χ3v) is 7.00. The Morgan fingerprint density at radius 1 is 1.00 bits per heavy atom. The minimum absolute atomic E-state index is 0.00146. The number of hydrogen-bond donors (Lipinski definition) is 1. The molecule has 0 saturated carbocycles. The third-order valence-electron chi connectivity index (χ3n) is 5.25. The molecule has 3 aromatic carbocycles. The molecule has 33 heavy (non-hydrogen) atoms. The number of imidazole rings is 1. The molecule has 0 aliphatic heterocycles. The first-order valence-electron chi connectivity index (χ1n) is 9.86. The number of H-pyrrole nitrogens is 1. The van der Waals surface area contributed by atoms with E-state index in [9.17, 15) is 26.0 Å². The fraction of sp³-hybridized carbons (Fsp3) is 0.174. The smallest absolute Gasteiger partial charge is 0.342 e. The van der Waals surface area contributed by atoms with Gasteiger partial charge in [-0.15, -0.1) is 0 Å². The van der Waals surface area contributed by atoms with Crippen LogP contribution in [-0.2, 0) is 22.4 Å². The van der Waals surface area contributed by atoms with Crippen LogP contribution in [0.25, 0.3) is 22.2 Å². The number of nitrogens with zero attached hydrogens (tertiary/aromatic N) is 1. The Morgan fingerprint density at radius 2 is 1.67 bits per heavy atom. The average Bonchev–Trinajstić information content (AvgIpc) is 3.16. The molecule has 1 aromatic heterocycles. The molecule has 0 amide bonds. The molecule has 0 atom stereocenters. The lowest BCUT2D eigenvalue weighted by Crippen LogP contribution is -2.08. The fourth-order valence-electron chi connectivity index (χ4n) is 3.59. The highest BCUT2D eigenvalue weighted by Crippen LogP contribution is 2.40.